The first-order chi connectivity index (χ1) is 13.6. The van der Waals surface area contributed by atoms with Gasteiger partial charge in [-0.05, 0) is 35.4 Å². The molecule has 2 N–H and O–H groups in total. The van der Waals surface area contributed by atoms with E-state index < -0.39 is 0 Å². The van der Waals surface area contributed by atoms with Gasteiger partial charge < -0.3 is 15.1 Å². The predicted molar refractivity (Wildman–Crippen MR) is 108 cm³/mol. The molecule has 0 fully saturated rings. The molecule has 0 saturated carbocycles. The van der Waals surface area contributed by atoms with E-state index in [0.717, 1.165) is 16.8 Å². The van der Waals surface area contributed by atoms with Crippen LogP contribution in [0, 0.1) is 0 Å². The molecule has 28 heavy (non-hydrogen) atoms. The van der Waals surface area contributed by atoms with Gasteiger partial charge in [0.2, 0.25) is 0 Å². The number of carbonyl (C=O) groups excluding carboxylic acids is 1. The van der Waals surface area contributed by atoms with Gasteiger partial charge in [0.05, 0.1) is 18.4 Å². The Kier molecular flexibility index (Phi) is 4.60. The second-order valence-electron chi connectivity index (χ2n) is 6.34. The number of phenols is 2. The van der Waals surface area contributed by atoms with Crippen molar-refractivity contribution in [1.29, 1.82) is 0 Å². The van der Waals surface area contributed by atoms with Gasteiger partial charge in [0, 0.05) is 5.56 Å². The molecule has 0 aliphatic carbocycles. The Hall–Kier alpha value is -3.93. The highest BCUT2D eigenvalue weighted by Crippen LogP contribution is 2.30. The average Bonchev–Trinajstić information content (AvgIpc) is 2.97. The van der Waals surface area contributed by atoms with Crippen molar-refractivity contribution in [2.75, 3.05) is 4.90 Å². The maximum Gasteiger partial charge on any atom is 0.279 e. The van der Waals surface area contributed by atoms with Gasteiger partial charge in [-0.15, -0.1) is 5.10 Å². The molecular formula is C22H17N3O3. The molecule has 0 atom stereocenters. The molecule has 0 unspecified atom stereocenters. The van der Waals surface area contributed by atoms with E-state index in [2.05, 4.69) is 10.2 Å². The topological polar surface area (TPSA) is 85.5 Å². The van der Waals surface area contributed by atoms with Crippen LogP contribution < -0.4 is 4.90 Å². The van der Waals surface area contributed by atoms with E-state index >= 15 is 0 Å². The molecule has 0 radical (unpaired) electrons. The summed E-state index contributed by atoms with van der Waals surface area (Å²) in [5.41, 5.74) is 3.38. The molecule has 1 aliphatic rings. The summed E-state index contributed by atoms with van der Waals surface area (Å²) in [5.74, 6) is -0.663. The number of fused-ring (bicyclic) bond motifs is 1. The van der Waals surface area contributed by atoms with Crippen molar-refractivity contribution in [3.63, 3.8) is 0 Å². The molecule has 1 heterocycles. The van der Waals surface area contributed by atoms with Gasteiger partial charge in [0.25, 0.3) is 5.91 Å². The molecule has 138 valence electrons. The van der Waals surface area contributed by atoms with Crippen LogP contribution in [0.25, 0.3) is 0 Å². The quantitative estimate of drug-likeness (QED) is 0.418. The van der Waals surface area contributed by atoms with Gasteiger partial charge >= 0.3 is 0 Å². The maximum atomic E-state index is 13.0. The third-order valence-electron chi connectivity index (χ3n) is 4.45. The molecule has 1 amide bonds. The van der Waals surface area contributed by atoms with Crippen LogP contribution in [0.5, 0.6) is 11.5 Å². The molecule has 4 rings (SSSR count). The second-order valence-corrected chi connectivity index (χ2v) is 6.34. The summed E-state index contributed by atoms with van der Waals surface area (Å²) < 4.78 is 0. The van der Waals surface area contributed by atoms with E-state index in [-0.39, 0.29) is 23.1 Å². The predicted octanol–water partition coefficient (Wildman–Crippen LogP) is 3.47. The smallest absolute Gasteiger partial charge is 0.279 e. The third kappa shape index (κ3) is 3.35. The van der Waals surface area contributed by atoms with Crippen LogP contribution in [-0.2, 0) is 11.3 Å². The van der Waals surface area contributed by atoms with Gasteiger partial charge in [-0.3, -0.25) is 4.79 Å². The van der Waals surface area contributed by atoms with E-state index in [9.17, 15) is 15.0 Å². The van der Waals surface area contributed by atoms with E-state index in [1.165, 1.54) is 18.3 Å². The van der Waals surface area contributed by atoms with Crippen molar-refractivity contribution < 1.29 is 15.0 Å². The van der Waals surface area contributed by atoms with Crippen LogP contribution in [0.2, 0.25) is 0 Å². The largest absolute Gasteiger partial charge is 0.504 e. The monoisotopic (exact) mass is 371 g/mol. The first-order valence-corrected chi connectivity index (χ1v) is 8.71. The van der Waals surface area contributed by atoms with E-state index in [1.54, 1.807) is 11.0 Å². The molecule has 0 aromatic heterocycles. The molecule has 1 aliphatic heterocycles. The highest BCUT2D eigenvalue weighted by atomic mass is 16.3. The summed E-state index contributed by atoms with van der Waals surface area (Å²) in [4.78, 5) is 14.6. The highest BCUT2D eigenvalue weighted by Gasteiger charge is 2.33. The number of nitrogens with zero attached hydrogens (tertiary/aromatic N) is 3. The number of phenolic OH excluding ortho intramolecular Hbond substituents is 2. The number of anilines is 1. The second kappa shape index (κ2) is 7.36. The lowest BCUT2D eigenvalue weighted by atomic mass is 10.1. The fraction of sp³-hybridized carbons (Fsp3) is 0.0455. The van der Waals surface area contributed by atoms with Crippen LogP contribution >= 0.6 is 0 Å². The number of rotatable bonds is 4. The zero-order valence-electron chi connectivity index (χ0n) is 14.9. The summed E-state index contributed by atoms with van der Waals surface area (Å²) in [5, 5.41) is 27.1. The first kappa shape index (κ1) is 17.5. The van der Waals surface area contributed by atoms with E-state index in [0.29, 0.717) is 12.1 Å². The first-order valence-electron chi connectivity index (χ1n) is 8.71. The lowest BCUT2D eigenvalue weighted by Crippen LogP contribution is -2.29. The summed E-state index contributed by atoms with van der Waals surface area (Å²) in [7, 11) is 0. The van der Waals surface area contributed by atoms with Gasteiger partial charge in [0.15, 0.2) is 17.2 Å². The van der Waals surface area contributed by atoms with Gasteiger partial charge in [-0.25, -0.2) is 0 Å². The minimum absolute atomic E-state index is 0.208. The lowest BCUT2D eigenvalue weighted by Gasteiger charge is -2.16. The lowest BCUT2D eigenvalue weighted by molar-refractivity contribution is -0.112. The van der Waals surface area contributed by atoms with Crippen LogP contribution in [0.3, 0.4) is 0 Å². The Morgan fingerprint density at radius 1 is 0.893 bits per heavy atom. The van der Waals surface area contributed by atoms with Crippen LogP contribution in [-0.4, -0.2) is 28.0 Å². The molecular weight excluding hydrogens is 354 g/mol. The zero-order valence-corrected chi connectivity index (χ0v) is 14.9. The average molecular weight is 371 g/mol. The molecule has 3 aromatic rings. The number of hydrogen-bond donors (Lipinski definition) is 2. The fourth-order valence-electron chi connectivity index (χ4n) is 3.06. The highest BCUT2D eigenvalue weighted by molar-refractivity contribution is 6.54. The van der Waals surface area contributed by atoms with Crippen molar-refractivity contribution in [2.45, 2.75) is 6.54 Å². The number of aromatic hydroxyl groups is 2. The van der Waals surface area contributed by atoms with Gasteiger partial charge in [0.1, 0.15) is 0 Å². The zero-order chi connectivity index (χ0) is 19.5. The number of para-hydroxylation sites is 1. The minimum Gasteiger partial charge on any atom is -0.504 e. The van der Waals surface area contributed by atoms with Crippen molar-refractivity contribution in [1.82, 2.24) is 0 Å². The SMILES string of the molecule is O=C1/C(=N/N=C\c2ccc(O)c(O)c2)c2ccccc2N1Cc1ccccc1. The number of benzene rings is 3. The Bertz CT molecular complexity index is 1090. The van der Waals surface area contributed by atoms with Crippen LogP contribution in [0.1, 0.15) is 16.7 Å². The Morgan fingerprint density at radius 3 is 2.43 bits per heavy atom. The van der Waals surface area contributed by atoms with Gasteiger partial charge in [-0.1, -0.05) is 48.5 Å². The maximum absolute atomic E-state index is 13.0. The number of carbonyl (C=O) groups is 1. The normalized spacial score (nSPS) is 14.8. The summed E-state index contributed by atoms with van der Waals surface area (Å²) >= 11 is 0. The molecule has 0 bridgehead atoms. The van der Waals surface area contributed by atoms with Crippen molar-refractivity contribution in [3.05, 3.63) is 89.5 Å². The van der Waals surface area contributed by atoms with Gasteiger partial charge in [-0.2, -0.15) is 5.10 Å². The Morgan fingerprint density at radius 2 is 1.64 bits per heavy atom. The Balaban J connectivity index is 1.63. The summed E-state index contributed by atoms with van der Waals surface area (Å²) in [6.45, 7) is 0.450. The number of hydrogen-bond acceptors (Lipinski definition) is 5. The minimum atomic E-state index is -0.243. The van der Waals surface area contributed by atoms with Crippen molar-refractivity contribution in [3.8, 4) is 11.5 Å². The standard InChI is InChI=1S/C22H17N3O3/c26-19-11-10-16(12-20(19)27)13-23-24-21-17-8-4-5-9-18(17)25(22(21)28)14-15-6-2-1-3-7-15/h1-13,26-27H,14H2/b23-13-,24-21+. The summed E-state index contributed by atoms with van der Waals surface area (Å²) in [6, 6.07) is 21.6. The molecule has 6 nitrogen and oxygen atoms in total. The molecule has 0 saturated heterocycles. The fourth-order valence-corrected chi connectivity index (χ4v) is 3.06. The Labute approximate surface area is 161 Å². The molecule has 0 spiro atoms. The van der Waals surface area contributed by atoms with Crippen LogP contribution in [0.4, 0.5) is 5.69 Å². The van der Waals surface area contributed by atoms with Crippen LogP contribution in [0.15, 0.2) is 83.0 Å². The van der Waals surface area contributed by atoms with E-state index in [1.807, 2.05) is 54.6 Å². The van der Waals surface area contributed by atoms with Crippen molar-refractivity contribution >= 4 is 23.5 Å². The van der Waals surface area contributed by atoms with Crippen molar-refractivity contribution in [2.24, 2.45) is 10.2 Å². The molecule has 3 aromatic carbocycles. The van der Waals surface area contributed by atoms with E-state index in [4.69, 9.17) is 0 Å². The third-order valence-corrected chi connectivity index (χ3v) is 4.45. The summed E-state index contributed by atoms with van der Waals surface area (Å²) in [6.07, 6.45) is 1.42. The number of amides is 1. The molecule has 6 heteroatoms.